The van der Waals surface area contributed by atoms with E-state index in [-0.39, 0.29) is 17.5 Å². The number of amides is 1. The van der Waals surface area contributed by atoms with E-state index in [1.165, 1.54) is 5.56 Å². The van der Waals surface area contributed by atoms with Crippen molar-refractivity contribution < 1.29 is 4.79 Å². The number of nitrogens with one attached hydrogen (secondary N) is 1. The van der Waals surface area contributed by atoms with Gasteiger partial charge in [0.15, 0.2) is 11.3 Å². The molecule has 1 fully saturated rings. The molecular weight excluding hydrogens is 450 g/mol. The molecule has 0 aliphatic carbocycles. The standard InChI is InChI=1S/C25H34ClN7O/c1-16(2)33-17(3)21-22(30-33)23(29-25(5,6)15-19-7-9-20(26)10-8-19)28-24(27-21)32-13-11-31(12-14-32)18(4)34/h7-10,16H,11-15H2,1-6H3,(H,27,28,29). The van der Waals surface area contributed by atoms with Crippen molar-refractivity contribution in [3.63, 3.8) is 0 Å². The largest absolute Gasteiger partial charge is 0.363 e. The molecule has 1 aliphatic heterocycles. The fourth-order valence-corrected chi connectivity index (χ4v) is 4.64. The summed E-state index contributed by atoms with van der Waals surface area (Å²) in [7, 11) is 0. The Kier molecular flexibility index (Phi) is 6.71. The minimum absolute atomic E-state index is 0.108. The van der Waals surface area contributed by atoms with E-state index < -0.39 is 0 Å². The van der Waals surface area contributed by atoms with Crippen LogP contribution in [0.4, 0.5) is 11.8 Å². The maximum atomic E-state index is 11.8. The van der Waals surface area contributed by atoms with Crippen molar-refractivity contribution in [1.29, 1.82) is 0 Å². The van der Waals surface area contributed by atoms with E-state index in [1.54, 1.807) is 6.92 Å². The fourth-order valence-electron chi connectivity index (χ4n) is 4.51. The summed E-state index contributed by atoms with van der Waals surface area (Å²) >= 11 is 6.07. The van der Waals surface area contributed by atoms with E-state index in [0.29, 0.717) is 32.1 Å². The zero-order chi connectivity index (χ0) is 24.6. The van der Waals surface area contributed by atoms with Gasteiger partial charge in [0.1, 0.15) is 5.52 Å². The lowest BCUT2D eigenvalue weighted by molar-refractivity contribution is -0.129. The Balaban J connectivity index is 1.69. The lowest BCUT2D eigenvalue weighted by atomic mass is 9.95. The third kappa shape index (κ3) is 5.12. The van der Waals surface area contributed by atoms with Gasteiger partial charge >= 0.3 is 0 Å². The van der Waals surface area contributed by atoms with Crippen LogP contribution in [0.1, 0.15) is 51.9 Å². The number of fused-ring (bicyclic) bond motifs is 1. The number of hydrogen-bond acceptors (Lipinski definition) is 6. The van der Waals surface area contributed by atoms with E-state index in [9.17, 15) is 4.79 Å². The fraction of sp³-hybridized carbons (Fsp3) is 0.520. The Morgan fingerprint density at radius 2 is 1.74 bits per heavy atom. The molecule has 9 heteroatoms. The van der Waals surface area contributed by atoms with Crippen LogP contribution in [-0.2, 0) is 11.2 Å². The first-order valence-electron chi connectivity index (χ1n) is 11.8. The number of aromatic nitrogens is 4. The normalized spacial score (nSPS) is 14.8. The SMILES string of the molecule is CC(=O)N1CCN(c2nc(NC(C)(C)Cc3ccc(Cl)cc3)c3nn(C(C)C)c(C)c3n2)CC1. The first-order chi connectivity index (χ1) is 16.0. The van der Waals surface area contributed by atoms with Crippen molar-refractivity contribution >= 4 is 40.3 Å². The monoisotopic (exact) mass is 483 g/mol. The smallest absolute Gasteiger partial charge is 0.228 e. The molecule has 1 aromatic carbocycles. The second kappa shape index (κ2) is 9.41. The average molecular weight is 484 g/mol. The molecule has 0 atom stereocenters. The summed E-state index contributed by atoms with van der Waals surface area (Å²) in [6.07, 6.45) is 0.798. The second-order valence-electron chi connectivity index (χ2n) is 10.00. The molecule has 8 nitrogen and oxygen atoms in total. The van der Waals surface area contributed by atoms with Crippen LogP contribution in [0.2, 0.25) is 5.02 Å². The van der Waals surface area contributed by atoms with Crippen LogP contribution in [0, 0.1) is 6.92 Å². The lowest BCUT2D eigenvalue weighted by Gasteiger charge is -2.34. The van der Waals surface area contributed by atoms with Gasteiger partial charge in [-0.3, -0.25) is 9.48 Å². The molecule has 4 rings (SSSR count). The Morgan fingerprint density at radius 3 is 2.32 bits per heavy atom. The van der Waals surface area contributed by atoms with Crippen molar-refractivity contribution in [2.24, 2.45) is 0 Å². The van der Waals surface area contributed by atoms with Gasteiger partial charge in [0.25, 0.3) is 0 Å². The number of nitrogens with zero attached hydrogens (tertiary/aromatic N) is 6. The number of benzene rings is 1. The quantitative estimate of drug-likeness (QED) is 0.557. The molecule has 0 spiro atoms. The van der Waals surface area contributed by atoms with Crippen LogP contribution in [0.25, 0.3) is 11.0 Å². The summed E-state index contributed by atoms with van der Waals surface area (Å²) in [6.45, 7) is 15.0. The maximum absolute atomic E-state index is 11.8. The Labute approximate surface area is 206 Å². The average Bonchev–Trinajstić information content (AvgIpc) is 3.12. The van der Waals surface area contributed by atoms with Gasteiger partial charge in [-0.2, -0.15) is 10.1 Å². The number of carbonyl (C=O) groups excluding carboxylic acids is 1. The van der Waals surface area contributed by atoms with Crippen molar-refractivity contribution in [2.75, 3.05) is 36.4 Å². The molecule has 0 radical (unpaired) electrons. The first-order valence-corrected chi connectivity index (χ1v) is 12.2. The minimum Gasteiger partial charge on any atom is -0.363 e. The number of rotatable bonds is 6. The predicted molar refractivity (Wildman–Crippen MR) is 138 cm³/mol. The molecule has 1 amide bonds. The van der Waals surface area contributed by atoms with E-state index in [4.69, 9.17) is 26.7 Å². The summed E-state index contributed by atoms with van der Waals surface area (Å²) in [5.74, 6) is 1.51. The number of anilines is 2. The van der Waals surface area contributed by atoms with Crippen LogP contribution in [0.15, 0.2) is 24.3 Å². The van der Waals surface area contributed by atoms with E-state index in [0.717, 1.165) is 34.0 Å². The number of piperazine rings is 1. The maximum Gasteiger partial charge on any atom is 0.228 e. The number of hydrogen-bond donors (Lipinski definition) is 1. The molecule has 2 aromatic heterocycles. The molecule has 0 unspecified atom stereocenters. The molecule has 1 aliphatic rings. The molecule has 3 aromatic rings. The Bertz CT molecular complexity index is 1180. The van der Waals surface area contributed by atoms with Gasteiger partial charge in [0.05, 0.1) is 5.69 Å². The molecule has 0 saturated carbocycles. The predicted octanol–water partition coefficient (Wildman–Crippen LogP) is 4.47. The van der Waals surface area contributed by atoms with Crippen molar-refractivity contribution in [2.45, 2.75) is 59.5 Å². The number of halogens is 1. The molecular formula is C25H34ClN7O. The summed E-state index contributed by atoms with van der Waals surface area (Å²) < 4.78 is 2.01. The highest BCUT2D eigenvalue weighted by Gasteiger charge is 2.27. The molecule has 34 heavy (non-hydrogen) atoms. The van der Waals surface area contributed by atoms with Gasteiger partial charge in [-0.25, -0.2) is 4.98 Å². The van der Waals surface area contributed by atoms with Crippen molar-refractivity contribution in [1.82, 2.24) is 24.6 Å². The second-order valence-corrected chi connectivity index (χ2v) is 10.4. The highest BCUT2D eigenvalue weighted by atomic mass is 35.5. The number of carbonyl (C=O) groups is 1. The highest BCUT2D eigenvalue weighted by Crippen LogP contribution is 2.30. The summed E-state index contributed by atoms with van der Waals surface area (Å²) in [6, 6.07) is 8.16. The molecule has 3 heterocycles. The zero-order valence-electron chi connectivity index (χ0n) is 20.9. The summed E-state index contributed by atoms with van der Waals surface area (Å²) in [4.78, 5) is 25.7. The van der Waals surface area contributed by atoms with Crippen LogP contribution >= 0.6 is 11.6 Å². The molecule has 182 valence electrons. The lowest BCUT2D eigenvalue weighted by Crippen LogP contribution is -2.48. The first kappa shape index (κ1) is 24.3. The van der Waals surface area contributed by atoms with Crippen molar-refractivity contribution in [3.8, 4) is 0 Å². The van der Waals surface area contributed by atoms with Crippen LogP contribution in [0.3, 0.4) is 0 Å². The molecule has 1 N–H and O–H groups in total. The van der Waals surface area contributed by atoms with Crippen LogP contribution in [0.5, 0.6) is 0 Å². The topological polar surface area (TPSA) is 79.2 Å². The van der Waals surface area contributed by atoms with Gasteiger partial charge in [-0.1, -0.05) is 23.7 Å². The van der Waals surface area contributed by atoms with Crippen LogP contribution in [-0.4, -0.2) is 62.3 Å². The van der Waals surface area contributed by atoms with Gasteiger partial charge in [-0.15, -0.1) is 0 Å². The van der Waals surface area contributed by atoms with Gasteiger partial charge < -0.3 is 15.1 Å². The zero-order valence-corrected chi connectivity index (χ0v) is 21.6. The van der Waals surface area contributed by atoms with E-state index in [2.05, 4.69) is 57.0 Å². The van der Waals surface area contributed by atoms with Gasteiger partial charge in [-0.05, 0) is 58.7 Å². The molecule has 0 bridgehead atoms. The Morgan fingerprint density at radius 1 is 1.09 bits per heavy atom. The number of aryl methyl sites for hydroxylation is 1. The van der Waals surface area contributed by atoms with E-state index in [1.807, 2.05) is 21.7 Å². The van der Waals surface area contributed by atoms with E-state index >= 15 is 0 Å². The third-order valence-electron chi connectivity index (χ3n) is 6.28. The van der Waals surface area contributed by atoms with Gasteiger partial charge in [0, 0.05) is 49.7 Å². The minimum atomic E-state index is -0.283. The van der Waals surface area contributed by atoms with Crippen LogP contribution < -0.4 is 10.2 Å². The Hall–Kier alpha value is -2.87. The summed E-state index contributed by atoms with van der Waals surface area (Å²) in [5, 5.41) is 9.27. The third-order valence-corrected chi connectivity index (χ3v) is 6.53. The highest BCUT2D eigenvalue weighted by molar-refractivity contribution is 6.30. The van der Waals surface area contributed by atoms with Gasteiger partial charge in [0.2, 0.25) is 11.9 Å². The molecule has 1 saturated heterocycles. The van der Waals surface area contributed by atoms with Crippen molar-refractivity contribution in [3.05, 3.63) is 40.5 Å². The summed E-state index contributed by atoms with van der Waals surface area (Å²) in [5.41, 5.74) is 3.57.